The Labute approximate surface area is 111 Å². The van der Waals surface area contributed by atoms with E-state index in [-0.39, 0.29) is 5.02 Å². The normalized spacial score (nSPS) is 14.1. The van der Waals surface area contributed by atoms with Crippen LogP contribution >= 0.6 is 11.6 Å². The molecule has 1 unspecified atom stereocenters. The van der Waals surface area contributed by atoms with E-state index in [1.807, 2.05) is 6.92 Å². The molecule has 0 amide bonds. The van der Waals surface area contributed by atoms with E-state index in [1.165, 1.54) is 25.3 Å². The summed E-state index contributed by atoms with van der Waals surface area (Å²) in [5.41, 5.74) is -0.448. The highest BCUT2D eigenvalue weighted by Gasteiger charge is 2.36. The molecule has 1 atom stereocenters. The number of hydrogen-bond acceptors (Lipinski definition) is 3. The topological polar surface area (TPSA) is 38.3 Å². The van der Waals surface area contributed by atoms with Gasteiger partial charge in [-0.1, -0.05) is 24.6 Å². The predicted molar refractivity (Wildman–Crippen MR) is 69.1 cm³/mol. The lowest BCUT2D eigenvalue weighted by Crippen LogP contribution is -2.47. The van der Waals surface area contributed by atoms with Gasteiger partial charge < -0.3 is 4.74 Å². The van der Waals surface area contributed by atoms with Gasteiger partial charge in [0.25, 0.3) is 0 Å². The number of hydrogen-bond donors (Lipinski definition) is 1. The average molecular weight is 274 g/mol. The van der Waals surface area contributed by atoms with E-state index >= 15 is 0 Å². The molecular weight excluding hydrogens is 257 g/mol. The molecule has 1 N–H and O–H groups in total. The number of carbonyl (C=O) groups is 1. The number of carbonyl (C=O) groups excluding carboxylic acids is 1. The number of halogens is 2. The van der Waals surface area contributed by atoms with Gasteiger partial charge in [0.15, 0.2) is 0 Å². The summed E-state index contributed by atoms with van der Waals surface area (Å²) >= 11 is 5.75. The van der Waals surface area contributed by atoms with Gasteiger partial charge in [0.05, 0.1) is 12.1 Å². The molecule has 1 aromatic rings. The molecule has 0 aliphatic heterocycles. The average Bonchev–Trinajstić information content (AvgIpc) is 2.38. The third kappa shape index (κ3) is 3.00. The third-order valence-electron chi connectivity index (χ3n) is 2.82. The fourth-order valence-electron chi connectivity index (χ4n) is 1.68. The number of esters is 1. The number of rotatable bonds is 5. The van der Waals surface area contributed by atoms with Crippen LogP contribution in [0.4, 0.5) is 4.39 Å². The Morgan fingerprint density at radius 3 is 2.72 bits per heavy atom. The van der Waals surface area contributed by atoms with Crippen molar-refractivity contribution in [3.63, 3.8) is 0 Å². The van der Waals surface area contributed by atoms with Crippen LogP contribution in [0, 0.1) is 5.82 Å². The van der Waals surface area contributed by atoms with Gasteiger partial charge in [0.1, 0.15) is 11.4 Å². The fourth-order valence-corrected chi connectivity index (χ4v) is 1.86. The number of methoxy groups -OCH3 is 1. The number of nitrogens with one attached hydrogen (secondary N) is 1. The number of ether oxygens (including phenoxy) is 1. The van der Waals surface area contributed by atoms with Crippen LogP contribution in [-0.2, 0) is 15.1 Å². The molecule has 0 saturated heterocycles. The first-order valence-corrected chi connectivity index (χ1v) is 6.12. The van der Waals surface area contributed by atoms with Gasteiger partial charge in [-0.2, -0.15) is 0 Å². The molecule has 0 aliphatic rings. The SMILES string of the molecule is CCCNC(C)(C(=O)OC)c1ccc(F)c(Cl)c1. The zero-order chi connectivity index (χ0) is 13.8. The van der Waals surface area contributed by atoms with Crippen LogP contribution in [0.5, 0.6) is 0 Å². The first-order valence-electron chi connectivity index (χ1n) is 5.74. The van der Waals surface area contributed by atoms with Gasteiger partial charge in [-0.25, -0.2) is 9.18 Å². The largest absolute Gasteiger partial charge is 0.467 e. The van der Waals surface area contributed by atoms with Crippen molar-refractivity contribution in [1.29, 1.82) is 0 Å². The van der Waals surface area contributed by atoms with E-state index in [1.54, 1.807) is 6.92 Å². The molecule has 1 rings (SSSR count). The van der Waals surface area contributed by atoms with Crippen molar-refractivity contribution in [1.82, 2.24) is 5.32 Å². The molecule has 0 fully saturated rings. The maximum Gasteiger partial charge on any atom is 0.330 e. The molecule has 100 valence electrons. The van der Waals surface area contributed by atoms with Gasteiger partial charge in [0.2, 0.25) is 0 Å². The molecule has 3 nitrogen and oxygen atoms in total. The Balaban J connectivity index is 3.16. The van der Waals surface area contributed by atoms with Crippen LogP contribution in [0.25, 0.3) is 0 Å². The fraction of sp³-hybridized carbons (Fsp3) is 0.462. The zero-order valence-corrected chi connectivity index (χ0v) is 11.5. The molecule has 18 heavy (non-hydrogen) atoms. The summed E-state index contributed by atoms with van der Waals surface area (Å²) in [5.74, 6) is -0.943. The van der Waals surface area contributed by atoms with Crippen molar-refractivity contribution in [3.8, 4) is 0 Å². The van der Waals surface area contributed by atoms with E-state index in [4.69, 9.17) is 16.3 Å². The van der Waals surface area contributed by atoms with Crippen LogP contribution in [0.1, 0.15) is 25.8 Å². The Hall–Kier alpha value is -1.13. The van der Waals surface area contributed by atoms with Crippen molar-refractivity contribution >= 4 is 17.6 Å². The highest BCUT2D eigenvalue weighted by atomic mass is 35.5. The summed E-state index contributed by atoms with van der Waals surface area (Å²) in [6, 6.07) is 4.21. The van der Waals surface area contributed by atoms with E-state index in [9.17, 15) is 9.18 Å². The second kappa shape index (κ2) is 6.16. The van der Waals surface area contributed by atoms with Gasteiger partial charge in [-0.3, -0.25) is 5.32 Å². The zero-order valence-electron chi connectivity index (χ0n) is 10.7. The summed E-state index contributed by atoms with van der Waals surface area (Å²) in [5, 5.41) is 3.09. The van der Waals surface area contributed by atoms with E-state index in [2.05, 4.69) is 5.32 Å². The molecular formula is C13H17ClFNO2. The monoisotopic (exact) mass is 273 g/mol. The van der Waals surface area contributed by atoms with E-state index < -0.39 is 17.3 Å². The van der Waals surface area contributed by atoms with Crippen LogP contribution < -0.4 is 5.32 Å². The quantitative estimate of drug-likeness (QED) is 0.839. The lowest BCUT2D eigenvalue weighted by molar-refractivity contribution is -0.148. The summed E-state index contributed by atoms with van der Waals surface area (Å²) < 4.78 is 18.0. The Morgan fingerprint density at radius 1 is 1.56 bits per heavy atom. The van der Waals surface area contributed by atoms with Gasteiger partial charge in [-0.15, -0.1) is 0 Å². The van der Waals surface area contributed by atoms with Crippen molar-refractivity contribution < 1.29 is 13.9 Å². The van der Waals surface area contributed by atoms with Crippen LogP contribution in [0.2, 0.25) is 5.02 Å². The lowest BCUT2D eigenvalue weighted by Gasteiger charge is -2.28. The van der Waals surface area contributed by atoms with Gasteiger partial charge >= 0.3 is 5.97 Å². The van der Waals surface area contributed by atoms with Gasteiger partial charge in [0, 0.05) is 0 Å². The first kappa shape index (κ1) is 14.9. The Morgan fingerprint density at radius 2 is 2.22 bits per heavy atom. The summed E-state index contributed by atoms with van der Waals surface area (Å²) in [6.45, 7) is 4.32. The van der Waals surface area contributed by atoms with Crippen molar-refractivity contribution in [3.05, 3.63) is 34.6 Å². The molecule has 0 saturated carbocycles. The molecule has 1 aromatic carbocycles. The van der Waals surface area contributed by atoms with E-state index in [0.29, 0.717) is 12.1 Å². The molecule has 0 spiro atoms. The van der Waals surface area contributed by atoms with Crippen molar-refractivity contribution in [2.75, 3.05) is 13.7 Å². The maximum absolute atomic E-state index is 13.2. The molecule has 0 aromatic heterocycles. The van der Waals surface area contributed by atoms with Crippen LogP contribution in [-0.4, -0.2) is 19.6 Å². The Bertz CT molecular complexity index is 439. The van der Waals surface area contributed by atoms with Crippen LogP contribution in [0.3, 0.4) is 0 Å². The minimum Gasteiger partial charge on any atom is -0.467 e. The Kier molecular flexibility index (Phi) is 5.11. The lowest BCUT2D eigenvalue weighted by atomic mass is 9.91. The molecule has 0 radical (unpaired) electrons. The molecule has 0 aliphatic carbocycles. The second-order valence-electron chi connectivity index (χ2n) is 4.17. The minimum absolute atomic E-state index is 0.0130. The maximum atomic E-state index is 13.2. The minimum atomic E-state index is -1.03. The molecule has 0 heterocycles. The molecule has 0 bridgehead atoms. The highest BCUT2D eigenvalue weighted by molar-refractivity contribution is 6.30. The first-order chi connectivity index (χ1) is 8.45. The van der Waals surface area contributed by atoms with Crippen molar-refractivity contribution in [2.45, 2.75) is 25.8 Å². The van der Waals surface area contributed by atoms with Crippen LogP contribution in [0.15, 0.2) is 18.2 Å². The summed E-state index contributed by atoms with van der Waals surface area (Å²) in [7, 11) is 1.32. The summed E-state index contributed by atoms with van der Waals surface area (Å²) in [4.78, 5) is 11.9. The van der Waals surface area contributed by atoms with Gasteiger partial charge in [-0.05, 0) is 37.6 Å². The molecule has 5 heteroatoms. The smallest absolute Gasteiger partial charge is 0.330 e. The number of benzene rings is 1. The summed E-state index contributed by atoms with van der Waals surface area (Å²) in [6.07, 6.45) is 0.863. The van der Waals surface area contributed by atoms with E-state index in [0.717, 1.165) is 6.42 Å². The van der Waals surface area contributed by atoms with Crippen molar-refractivity contribution in [2.24, 2.45) is 0 Å². The highest BCUT2D eigenvalue weighted by Crippen LogP contribution is 2.26. The third-order valence-corrected chi connectivity index (χ3v) is 3.11. The standard InChI is InChI=1S/C13H17ClFNO2/c1-4-7-16-13(2,12(17)18-3)9-5-6-11(15)10(14)8-9/h5-6,8,16H,4,7H2,1-3H3. The second-order valence-corrected chi connectivity index (χ2v) is 4.58. The predicted octanol–water partition coefficient (Wildman–Crippen LogP) is 2.87.